The lowest BCUT2D eigenvalue weighted by Crippen LogP contribution is -2.40. The van der Waals surface area contributed by atoms with Crippen LogP contribution in [0.1, 0.15) is 5.56 Å². The van der Waals surface area contributed by atoms with Crippen molar-refractivity contribution in [3.63, 3.8) is 0 Å². The van der Waals surface area contributed by atoms with Gasteiger partial charge in [0, 0.05) is 11.1 Å². The maximum atomic E-state index is 11.2. The SMILES string of the molecule is COC(=O)NNC(=O)/C=C/c1ccc(Cl)cc1. The molecule has 17 heavy (non-hydrogen) atoms. The average molecular weight is 255 g/mol. The van der Waals surface area contributed by atoms with Gasteiger partial charge in [0.1, 0.15) is 0 Å². The summed E-state index contributed by atoms with van der Waals surface area (Å²) in [7, 11) is 1.20. The minimum Gasteiger partial charge on any atom is -0.452 e. The van der Waals surface area contributed by atoms with E-state index in [1.165, 1.54) is 13.2 Å². The summed E-state index contributed by atoms with van der Waals surface area (Å²) >= 11 is 5.71. The summed E-state index contributed by atoms with van der Waals surface area (Å²) in [6.07, 6.45) is 2.13. The van der Waals surface area contributed by atoms with E-state index in [1.807, 2.05) is 5.43 Å². The van der Waals surface area contributed by atoms with Crippen molar-refractivity contribution in [3.8, 4) is 0 Å². The topological polar surface area (TPSA) is 67.4 Å². The van der Waals surface area contributed by atoms with Crippen LogP contribution in [0, 0.1) is 0 Å². The van der Waals surface area contributed by atoms with Gasteiger partial charge in [-0.15, -0.1) is 0 Å². The molecule has 1 rings (SSSR count). The Bertz CT molecular complexity index is 429. The van der Waals surface area contributed by atoms with Crippen LogP contribution in [0.5, 0.6) is 0 Å². The van der Waals surface area contributed by atoms with Crippen LogP contribution < -0.4 is 10.9 Å². The first-order valence-electron chi connectivity index (χ1n) is 4.69. The van der Waals surface area contributed by atoms with Crippen LogP contribution in [0.15, 0.2) is 30.3 Å². The van der Waals surface area contributed by atoms with Crippen molar-refractivity contribution in [1.29, 1.82) is 0 Å². The number of carbonyl (C=O) groups is 2. The van der Waals surface area contributed by atoms with E-state index in [2.05, 4.69) is 10.2 Å². The van der Waals surface area contributed by atoms with E-state index in [4.69, 9.17) is 11.6 Å². The Morgan fingerprint density at radius 2 is 1.88 bits per heavy atom. The molecular formula is C11H11ClN2O3. The highest BCUT2D eigenvalue weighted by Gasteiger charge is 1.99. The predicted octanol–water partition coefficient (Wildman–Crippen LogP) is 1.74. The van der Waals surface area contributed by atoms with Crippen LogP contribution in [-0.4, -0.2) is 19.1 Å². The van der Waals surface area contributed by atoms with E-state index in [-0.39, 0.29) is 0 Å². The Kier molecular flexibility index (Phi) is 5.03. The molecule has 0 saturated carbocycles. The molecule has 0 fully saturated rings. The maximum Gasteiger partial charge on any atom is 0.425 e. The van der Waals surface area contributed by atoms with Crippen LogP contribution in [0.2, 0.25) is 5.02 Å². The molecule has 0 aliphatic heterocycles. The number of methoxy groups -OCH3 is 1. The monoisotopic (exact) mass is 254 g/mol. The number of ether oxygens (including phenoxy) is 1. The summed E-state index contributed by atoms with van der Waals surface area (Å²) < 4.78 is 4.27. The van der Waals surface area contributed by atoms with Gasteiger partial charge in [-0.3, -0.25) is 10.2 Å². The summed E-state index contributed by atoms with van der Waals surface area (Å²) in [6, 6.07) is 6.96. The van der Waals surface area contributed by atoms with E-state index in [0.717, 1.165) is 5.56 Å². The van der Waals surface area contributed by atoms with Gasteiger partial charge in [0.25, 0.3) is 5.91 Å². The summed E-state index contributed by atoms with van der Waals surface area (Å²) in [6.45, 7) is 0. The third kappa shape index (κ3) is 5.03. The van der Waals surface area contributed by atoms with Gasteiger partial charge in [-0.05, 0) is 23.8 Å². The number of nitrogens with one attached hydrogen (secondary N) is 2. The fourth-order valence-electron chi connectivity index (χ4n) is 0.951. The van der Waals surface area contributed by atoms with Gasteiger partial charge >= 0.3 is 6.09 Å². The molecule has 90 valence electrons. The van der Waals surface area contributed by atoms with E-state index in [0.29, 0.717) is 5.02 Å². The van der Waals surface area contributed by atoms with Crippen LogP contribution in [0.4, 0.5) is 4.79 Å². The number of hydrazine groups is 1. The highest BCUT2D eigenvalue weighted by Crippen LogP contribution is 2.10. The Morgan fingerprint density at radius 1 is 1.24 bits per heavy atom. The third-order valence-electron chi connectivity index (χ3n) is 1.77. The number of amides is 2. The first-order chi connectivity index (χ1) is 8.11. The molecular weight excluding hydrogens is 244 g/mol. The lowest BCUT2D eigenvalue weighted by molar-refractivity contribution is -0.117. The molecule has 6 heteroatoms. The minimum absolute atomic E-state index is 0.467. The summed E-state index contributed by atoms with van der Waals surface area (Å²) in [5, 5.41) is 0.624. The fourth-order valence-corrected chi connectivity index (χ4v) is 1.08. The zero-order valence-electron chi connectivity index (χ0n) is 9.07. The van der Waals surface area contributed by atoms with Gasteiger partial charge in [0.05, 0.1) is 7.11 Å². The lowest BCUT2D eigenvalue weighted by atomic mass is 10.2. The molecule has 5 nitrogen and oxygen atoms in total. The highest BCUT2D eigenvalue weighted by molar-refractivity contribution is 6.30. The molecule has 1 aromatic carbocycles. The summed E-state index contributed by atoms with van der Waals surface area (Å²) in [4.78, 5) is 21.9. The standard InChI is InChI=1S/C11H11ClN2O3/c1-17-11(16)14-13-10(15)7-4-8-2-5-9(12)6-3-8/h2-7H,1H3,(H,13,15)(H,14,16)/b7-4+. The Balaban J connectivity index is 2.45. The van der Waals surface area contributed by atoms with Crippen LogP contribution >= 0.6 is 11.6 Å². The van der Waals surface area contributed by atoms with Gasteiger partial charge in [-0.2, -0.15) is 0 Å². The van der Waals surface area contributed by atoms with Gasteiger partial charge < -0.3 is 4.74 Å². The second kappa shape index (κ2) is 6.55. The second-order valence-corrected chi connectivity index (χ2v) is 3.43. The summed E-state index contributed by atoms with van der Waals surface area (Å²) in [5.74, 6) is -0.467. The number of halogens is 1. The van der Waals surface area contributed by atoms with E-state index >= 15 is 0 Å². The van der Waals surface area contributed by atoms with Crippen molar-refractivity contribution in [2.45, 2.75) is 0 Å². The Morgan fingerprint density at radius 3 is 2.47 bits per heavy atom. The second-order valence-electron chi connectivity index (χ2n) is 2.99. The number of benzene rings is 1. The average Bonchev–Trinajstić information content (AvgIpc) is 2.35. The number of carbonyl (C=O) groups excluding carboxylic acids is 2. The fraction of sp³-hybridized carbons (Fsp3) is 0.0909. The predicted molar refractivity (Wildman–Crippen MR) is 64.2 cm³/mol. The Labute approximate surface area is 103 Å². The van der Waals surface area contributed by atoms with Crippen molar-refractivity contribution in [3.05, 3.63) is 40.9 Å². The normalized spacial score (nSPS) is 10.0. The first-order valence-corrected chi connectivity index (χ1v) is 5.07. The molecule has 0 spiro atoms. The van der Waals surface area contributed by atoms with Crippen LogP contribution in [0.3, 0.4) is 0 Å². The zero-order chi connectivity index (χ0) is 12.7. The van der Waals surface area contributed by atoms with E-state index in [9.17, 15) is 9.59 Å². The number of hydrogen-bond acceptors (Lipinski definition) is 3. The molecule has 0 unspecified atom stereocenters. The quantitative estimate of drug-likeness (QED) is 0.624. The van der Waals surface area contributed by atoms with Gasteiger partial charge in [0.2, 0.25) is 0 Å². The summed E-state index contributed by atoms with van der Waals surface area (Å²) in [5.41, 5.74) is 5.00. The molecule has 0 radical (unpaired) electrons. The minimum atomic E-state index is -0.738. The highest BCUT2D eigenvalue weighted by atomic mass is 35.5. The number of hydrogen-bond donors (Lipinski definition) is 2. The molecule has 0 saturated heterocycles. The molecule has 1 aromatic rings. The maximum absolute atomic E-state index is 11.2. The van der Waals surface area contributed by atoms with Gasteiger partial charge in [-0.1, -0.05) is 23.7 Å². The van der Waals surface area contributed by atoms with Gasteiger partial charge in [-0.25, -0.2) is 10.2 Å². The molecule has 2 N–H and O–H groups in total. The lowest BCUT2D eigenvalue weighted by Gasteiger charge is -2.02. The molecule has 0 heterocycles. The molecule has 2 amide bonds. The van der Waals surface area contributed by atoms with Gasteiger partial charge in [0.15, 0.2) is 0 Å². The molecule has 0 aromatic heterocycles. The van der Waals surface area contributed by atoms with Crippen molar-refractivity contribution in [1.82, 2.24) is 10.9 Å². The smallest absolute Gasteiger partial charge is 0.425 e. The molecule has 0 atom stereocenters. The zero-order valence-corrected chi connectivity index (χ0v) is 9.82. The van der Waals surface area contributed by atoms with Crippen molar-refractivity contribution in [2.24, 2.45) is 0 Å². The molecule has 0 aliphatic rings. The van der Waals surface area contributed by atoms with Crippen LogP contribution in [-0.2, 0) is 9.53 Å². The third-order valence-corrected chi connectivity index (χ3v) is 2.02. The first kappa shape index (κ1) is 13.1. The van der Waals surface area contributed by atoms with Crippen molar-refractivity contribution < 1.29 is 14.3 Å². The van der Waals surface area contributed by atoms with E-state index in [1.54, 1.807) is 30.3 Å². The van der Waals surface area contributed by atoms with E-state index < -0.39 is 12.0 Å². The van der Waals surface area contributed by atoms with Crippen LogP contribution in [0.25, 0.3) is 6.08 Å². The Hall–Kier alpha value is -2.01. The molecule has 0 bridgehead atoms. The molecule has 0 aliphatic carbocycles. The largest absolute Gasteiger partial charge is 0.452 e. The van der Waals surface area contributed by atoms with Crippen molar-refractivity contribution in [2.75, 3.05) is 7.11 Å². The number of rotatable bonds is 2. The van der Waals surface area contributed by atoms with Crippen molar-refractivity contribution >= 4 is 29.7 Å².